The number of ether oxygens (including phenoxy) is 1. The Kier molecular flexibility index (Phi) is 3.96. The zero-order valence-electron chi connectivity index (χ0n) is 7.93. The van der Waals surface area contributed by atoms with Crippen LogP contribution in [0.4, 0.5) is 0 Å². The quantitative estimate of drug-likeness (QED) is 0.626. The number of hydrogen-bond acceptors (Lipinski definition) is 2. The standard InChI is InChI=1S/C10H10BrClO2/c1-6-7(8(13)5-11)3-4-9(14-2)10(6)12/h3-4H,5H2,1-2H3. The van der Waals surface area contributed by atoms with Crippen molar-refractivity contribution in [3.63, 3.8) is 0 Å². The van der Waals surface area contributed by atoms with Crippen molar-refractivity contribution in [1.82, 2.24) is 0 Å². The zero-order chi connectivity index (χ0) is 10.7. The molecule has 1 aromatic rings. The Morgan fingerprint density at radius 3 is 2.71 bits per heavy atom. The van der Waals surface area contributed by atoms with Crippen molar-refractivity contribution < 1.29 is 9.53 Å². The number of ketones is 1. The van der Waals surface area contributed by atoms with Crippen LogP contribution >= 0.6 is 27.5 Å². The third-order valence-corrected chi connectivity index (χ3v) is 2.97. The summed E-state index contributed by atoms with van der Waals surface area (Å²) < 4.78 is 5.04. The second-order valence-corrected chi connectivity index (χ2v) is 3.75. The van der Waals surface area contributed by atoms with Crippen LogP contribution in [0.15, 0.2) is 12.1 Å². The van der Waals surface area contributed by atoms with Crippen molar-refractivity contribution in [2.24, 2.45) is 0 Å². The summed E-state index contributed by atoms with van der Waals surface area (Å²) in [4.78, 5) is 11.4. The molecule has 0 fully saturated rings. The van der Waals surface area contributed by atoms with E-state index in [4.69, 9.17) is 16.3 Å². The molecule has 0 spiro atoms. The van der Waals surface area contributed by atoms with Gasteiger partial charge in [-0.25, -0.2) is 0 Å². The van der Waals surface area contributed by atoms with Crippen LogP contribution in [-0.2, 0) is 0 Å². The molecule has 0 aliphatic heterocycles. The smallest absolute Gasteiger partial charge is 0.173 e. The van der Waals surface area contributed by atoms with E-state index >= 15 is 0 Å². The monoisotopic (exact) mass is 276 g/mol. The van der Waals surface area contributed by atoms with E-state index in [2.05, 4.69) is 15.9 Å². The van der Waals surface area contributed by atoms with Crippen molar-refractivity contribution in [1.29, 1.82) is 0 Å². The van der Waals surface area contributed by atoms with Crippen LogP contribution in [0.2, 0.25) is 5.02 Å². The Morgan fingerprint density at radius 1 is 1.57 bits per heavy atom. The number of rotatable bonds is 3. The van der Waals surface area contributed by atoms with Crippen LogP contribution in [0.3, 0.4) is 0 Å². The molecule has 0 aliphatic carbocycles. The van der Waals surface area contributed by atoms with Crippen molar-refractivity contribution in [3.05, 3.63) is 28.3 Å². The van der Waals surface area contributed by atoms with E-state index < -0.39 is 0 Å². The van der Waals surface area contributed by atoms with Gasteiger partial charge in [-0.2, -0.15) is 0 Å². The van der Waals surface area contributed by atoms with E-state index in [0.29, 0.717) is 21.7 Å². The number of halogens is 2. The molecule has 0 radical (unpaired) electrons. The molecule has 0 unspecified atom stereocenters. The van der Waals surface area contributed by atoms with Gasteiger partial charge in [-0.3, -0.25) is 4.79 Å². The summed E-state index contributed by atoms with van der Waals surface area (Å²) in [5.74, 6) is 0.613. The van der Waals surface area contributed by atoms with Crippen LogP contribution in [0.5, 0.6) is 5.75 Å². The predicted molar refractivity (Wildman–Crippen MR) is 60.9 cm³/mol. The summed E-state index contributed by atoms with van der Waals surface area (Å²) in [5, 5.41) is 0.801. The molecular formula is C10H10BrClO2. The molecule has 0 heterocycles. The third-order valence-electron chi connectivity index (χ3n) is 1.99. The van der Waals surface area contributed by atoms with Gasteiger partial charge in [0.1, 0.15) is 5.75 Å². The fourth-order valence-electron chi connectivity index (χ4n) is 1.19. The summed E-state index contributed by atoms with van der Waals surface area (Å²) in [7, 11) is 1.55. The lowest BCUT2D eigenvalue weighted by atomic mass is 10.1. The normalized spacial score (nSPS) is 10.0. The Balaban J connectivity index is 3.24. The van der Waals surface area contributed by atoms with E-state index in [9.17, 15) is 4.79 Å². The molecule has 0 saturated heterocycles. The maximum atomic E-state index is 11.4. The molecule has 0 N–H and O–H groups in total. The number of methoxy groups -OCH3 is 1. The number of carbonyl (C=O) groups is 1. The second-order valence-electron chi connectivity index (χ2n) is 2.81. The van der Waals surface area contributed by atoms with Crippen molar-refractivity contribution >= 4 is 33.3 Å². The Hall–Kier alpha value is -0.540. The molecule has 0 bridgehead atoms. The van der Waals surface area contributed by atoms with Gasteiger partial charge in [0, 0.05) is 5.56 Å². The molecule has 0 aliphatic rings. The van der Waals surface area contributed by atoms with Crippen LogP contribution in [-0.4, -0.2) is 18.2 Å². The van der Waals surface area contributed by atoms with E-state index in [-0.39, 0.29) is 5.78 Å². The minimum atomic E-state index is 0.0204. The molecule has 4 heteroatoms. The summed E-state index contributed by atoms with van der Waals surface area (Å²) in [6, 6.07) is 3.43. The average molecular weight is 278 g/mol. The van der Waals surface area contributed by atoms with Gasteiger partial charge in [0.15, 0.2) is 5.78 Å². The fourth-order valence-corrected chi connectivity index (χ4v) is 1.74. The molecule has 76 valence electrons. The van der Waals surface area contributed by atoms with Gasteiger partial charge in [0.2, 0.25) is 0 Å². The topological polar surface area (TPSA) is 26.3 Å². The Bertz CT molecular complexity index is 363. The van der Waals surface area contributed by atoms with Gasteiger partial charge in [-0.05, 0) is 24.6 Å². The molecule has 0 amide bonds. The maximum Gasteiger partial charge on any atom is 0.173 e. The van der Waals surface area contributed by atoms with Gasteiger partial charge < -0.3 is 4.74 Å². The number of Topliss-reactive ketones (excluding diaryl/α,β-unsaturated/α-hetero) is 1. The first-order chi connectivity index (χ1) is 6.61. The largest absolute Gasteiger partial charge is 0.495 e. The first kappa shape index (κ1) is 11.5. The second kappa shape index (κ2) is 4.80. The lowest BCUT2D eigenvalue weighted by Gasteiger charge is -2.09. The lowest BCUT2D eigenvalue weighted by molar-refractivity contribution is 0.102. The molecule has 1 aromatic carbocycles. The van der Waals surface area contributed by atoms with E-state index in [0.717, 1.165) is 5.56 Å². The molecule has 0 saturated carbocycles. The van der Waals surface area contributed by atoms with E-state index in [1.165, 1.54) is 0 Å². The summed E-state index contributed by atoms with van der Waals surface area (Å²) in [5.41, 5.74) is 1.39. The minimum absolute atomic E-state index is 0.0204. The Morgan fingerprint density at radius 2 is 2.21 bits per heavy atom. The van der Waals surface area contributed by atoms with Gasteiger partial charge in [0.25, 0.3) is 0 Å². The number of alkyl halides is 1. The highest BCUT2D eigenvalue weighted by atomic mass is 79.9. The van der Waals surface area contributed by atoms with Gasteiger partial charge >= 0.3 is 0 Å². The summed E-state index contributed by atoms with van der Waals surface area (Å²) in [6.07, 6.45) is 0. The average Bonchev–Trinajstić information content (AvgIpc) is 2.21. The van der Waals surface area contributed by atoms with Gasteiger partial charge in [-0.1, -0.05) is 27.5 Å². The maximum absolute atomic E-state index is 11.4. The SMILES string of the molecule is COc1ccc(C(=O)CBr)c(C)c1Cl. The summed E-state index contributed by atoms with van der Waals surface area (Å²) in [6.45, 7) is 1.81. The molecule has 0 atom stereocenters. The molecular weight excluding hydrogens is 267 g/mol. The highest BCUT2D eigenvalue weighted by molar-refractivity contribution is 9.09. The van der Waals surface area contributed by atoms with E-state index in [1.807, 2.05) is 0 Å². The van der Waals surface area contributed by atoms with Crippen molar-refractivity contribution in [3.8, 4) is 5.75 Å². The molecule has 2 nitrogen and oxygen atoms in total. The van der Waals surface area contributed by atoms with Crippen LogP contribution in [0.1, 0.15) is 15.9 Å². The number of benzene rings is 1. The zero-order valence-corrected chi connectivity index (χ0v) is 10.3. The molecule has 14 heavy (non-hydrogen) atoms. The van der Waals surface area contributed by atoms with Crippen molar-refractivity contribution in [2.75, 3.05) is 12.4 Å². The van der Waals surface area contributed by atoms with Crippen LogP contribution in [0.25, 0.3) is 0 Å². The molecule has 1 rings (SSSR count). The highest BCUT2D eigenvalue weighted by Crippen LogP contribution is 2.30. The lowest BCUT2D eigenvalue weighted by Crippen LogP contribution is -2.03. The summed E-state index contributed by atoms with van der Waals surface area (Å²) >= 11 is 9.13. The minimum Gasteiger partial charge on any atom is -0.495 e. The van der Waals surface area contributed by atoms with Crippen molar-refractivity contribution in [2.45, 2.75) is 6.92 Å². The third kappa shape index (κ3) is 2.10. The van der Waals surface area contributed by atoms with Crippen LogP contribution in [0, 0.1) is 6.92 Å². The number of carbonyl (C=O) groups excluding carboxylic acids is 1. The van der Waals surface area contributed by atoms with E-state index in [1.54, 1.807) is 26.2 Å². The number of hydrogen-bond donors (Lipinski definition) is 0. The first-order valence-corrected chi connectivity index (χ1v) is 5.54. The Labute approximate surface area is 96.3 Å². The predicted octanol–water partition coefficient (Wildman–Crippen LogP) is 3.23. The van der Waals surface area contributed by atoms with Gasteiger partial charge in [-0.15, -0.1) is 0 Å². The van der Waals surface area contributed by atoms with Crippen LogP contribution < -0.4 is 4.74 Å². The molecule has 0 aromatic heterocycles. The highest BCUT2D eigenvalue weighted by Gasteiger charge is 2.13. The first-order valence-electron chi connectivity index (χ1n) is 4.04. The van der Waals surface area contributed by atoms with Gasteiger partial charge in [0.05, 0.1) is 17.5 Å². The fraction of sp³-hybridized carbons (Fsp3) is 0.300.